The van der Waals surface area contributed by atoms with Gasteiger partial charge in [-0.3, -0.25) is 0 Å². The number of aromatic nitrogens is 2. The van der Waals surface area contributed by atoms with Crippen molar-refractivity contribution in [1.29, 1.82) is 0 Å². The first-order valence-electron chi connectivity index (χ1n) is 3.12. The fraction of sp³-hybridized carbons (Fsp3) is 0.286. The van der Waals surface area contributed by atoms with E-state index in [1.54, 1.807) is 6.33 Å². The predicted octanol–water partition coefficient (Wildman–Crippen LogP) is 1.66. The van der Waals surface area contributed by atoms with Gasteiger partial charge >= 0.3 is 0 Å². The zero-order valence-electron chi connectivity index (χ0n) is 5.83. The van der Waals surface area contributed by atoms with Gasteiger partial charge in [0.25, 0.3) is 0 Å². The van der Waals surface area contributed by atoms with Crippen LogP contribution in [0.25, 0.3) is 6.08 Å². The lowest BCUT2D eigenvalue weighted by molar-refractivity contribution is 1.25. The van der Waals surface area contributed by atoms with Crippen molar-refractivity contribution in [1.82, 2.24) is 9.97 Å². The summed E-state index contributed by atoms with van der Waals surface area (Å²) in [6, 6.07) is 0. The van der Waals surface area contributed by atoms with Crippen LogP contribution in [0.5, 0.6) is 0 Å². The van der Waals surface area contributed by atoms with Gasteiger partial charge in [0.05, 0.1) is 12.0 Å². The van der Waals surface area contributed by atoms with E-state index >= 15 is 0 Å². The summed E-state index contributed by atoms with van der Waals surface area (Å²) in [4.78, 5) is 7.07. The van der Waals surface area contributed by atoms with Gasteiger partial charge in [-0.1, -0.05) is 6.08 Å². The summed E-state index contributed by atoms with van der Waals surface area (Å²) in [6.07, 6.45) is 5.61. The molecule has 1 aromatic rings. The third-order valence-electron chi connectivity index (χ3n) is 1.25. The van der Waals surface area contributed by atoms with Crippen molar-refractivity contribution in [2.75, 3.05) is 5.75 Å². The molecule has 1 aromatic heterocycles. The van der Waals surface area contributed by atoms with Crippen LogP contribution in [0, 0.1) is 6.92 Å². The average Bonchev–Trinajstić information content (AvgIpc) is 2.31. The summed E-state index contributed by atoms with van der Waals surface area (Å²) in [5.74, 6) is 0.756. The number of rotatable bonds is 2. The molecule has 1 rings (SSSR count). The number of nitrogens with zero attached hydrogens (tertiary/aromatic N) is 1. The summed E-state index contributed by atoms with van der Waals surface area (Å²) in [5, 5.41) is 0. The summed E-state index contributed by atoms with van der Waals surface area (Å²) in [7, 11) is 0. The van der Waals surface area contributed by atoms with Gasteiger partial charge in [0, 0.05) is 11.4 Å². The molecule has 0 fully saturated rings. The van der Waals surface area contributed by atoms with E-state index in [4.69, 9.17) is 0 Å². The Morgan fingerprint density at radius 3 is 3.10 bits per heavy atom. The Bertz CT molecular complexity index is 227. The van der Waals surface area contributed by atoms with E-state index in [1.165, 1.54) is 0 Å². The molecule has 2 nitrogen and oxygen atoms in total. The fourth-order valence-electron chi connectivity index (χ4n) is 0.702. The first kappa shape index (κ1) is 7.41. The Labute approximate surface area is 65.8 Å². The van der Waals surface area contributed by atoms with E-state index in [-0.39, 0.29) is 0 Å². The maximum atomic E-state index is 4.08. The molecule has 0 radical (unpaired) electrons. The minimum Gasteiger partial charge on any atom is -0.348 e. The zero-order valence-corrected chi connectivity index (χ0v) is 6.73. The molecule has 0 bridgehead atoms. The summed E-state index contributed by atoms with van der Waals surface area (Å²) < 4.78 is 0. The highest BCUT2D eigenvalue weighted by Gasteiger charge is 1.92. The number of hydrogen-bond donors (Lipinski definition) is 2. The summed E-state index contributed by atoms with van der Waals surface area (Å²) in [6.45, 7) is 1.99. The SMILES string of the molecule is Cc1[nH]cnc1C=CCS. The molecule has 0 aromatic carbocycles. The van der Waals surface area contributed by atoms with Gasteiger partial charge in [-0.15, -0.1) is 0 Å². The van der Waals surface area contributed by atoms with Crippen molar-refractivity contribution < 1.29 is 0 Å². The second-order valence-corrected chi connectivity index (χ2v) is 2.36. The number of nitrogens with one attached hydrogen (secondary N) is 1. The van der Waals surface area contributed by atoms with Gasteiger partial charge in [0.2, 0.25) is 0 Å². The molecular formula is C7H10N2S. The third kappa shape index (κ3) is 1.64. The van der Waals surface area contributed by atoms with Crippen LogP contribution in [0.2, 0.25) is 0 Å². The second-order valence-electron chi connectivity index (χ2n) is 2.00. The largest absolute Gasteiger partial charge is 0.348 e. The Kier molecular flexibility index (Phi) is 2.57. The normalized spacial score (nSPS) is 11.0. The van der Waals surface area contributed by atoms with Crippen molar-refractivity contribution in [3.8, 4) is 0 Å². The quantitative estimate of drug-likeness (QED) is 0.623. The lowest BCUT2D eigenvalue weighted by Gasteiger charge is -1.85. The summed E-state index contributed by atoms with van der Waals surface area (Å²) in [5.41, 5.74) is 2.09. The lowest BCUT2D eigenvalue weighted by atomic mass is 10.3. The molecule has 0 aliphatic rings. The number of aryl methyl sites for hydroxylation is 1. The number of thiol groups is 1. The van der Waals surface area contributed by atoms with Gasteiger partial charge in [-0.05, 0) is 13.0 Å². The zero-order chi connectivity index (χ0) is 7.40. The molecule has 0 aliphatic carbocycles. The number of hydrogen-bond acceptors (Lipinski definition) is 2. The van der Waals surface area contributed by atoms with Crippen molar-refractivity contribution in [2.45, 2.75) is 6.92 Å². The van der Waals surface area contributed by atoms with E-state index in [0.29, 0.717) is 0 Å². The van der Waals surface area contributed by atoms with E-state index in [1.807, 2.05) is 19.1 Å². The van der Waals surface area contributed by atoms with E-state index in [9.17, 15) is 0 Å². The molecule has 10 heavy (non-hydrogen) atoms. The van der Waals surface area contributed by atoms with Crippen molar-refractivity contribution in [3.05, 3.63) is 23.8 Å². The predicted molar refractivity (Wildman–Crippen MR) is 46.2 cm³/mol. The van der Waals surface area contributed by atoms with Gasteiger partial charge in [-0.25, -0.2) is 4.98 Å². The van der Waals surface area contributed by atoms with Crippen LogP contribution in [0.15, 0.2) is 12.4 Å². The highest BCUT2D eigenvalue weighted by atomic mass is 32.1. The van der Waals surface area contributed by atoms with E-state index in [0.717, 1.165) is 17.1 Å². The molecule has 0 atom stereocenters. The Hall–Kier alpha value is -0.700. The first-order chi connectivity index (χ1) is 4.84. The van der Waals surface area contributed by atoms with Crippen LogP contribution >= 0.6 is 12.6 Å². The van der Waals surface area contributed by atoms with Crippen LogP contribution in [-0.4, -0.2) is 15.7 Å². The van der Waals surface area contributed by atoms with Crippen molar-refractivity contribution in [3.63, 3.8) is 0 Å². The molecule has 3 heteroatoms. The van der Waals surface area contributed by atoms with E-state index in [2.05, 4.69) is 22.6 Å². The van der Waals surface area contributed by atoms with Crippen LogP contribution < -0.4 is 0 Å². The van der Waals surface area contributed by atoms with Crippen LogP contribution in [0.1, 0.15) is 11.4 Å². The number of imidazole rings is 1. The van der Waals surface area contributed by atoms with Crippen molar-refractivity contribution in [2.24, 2.45) is 0 Å². The molecule has 1 heterocycles. The monoisotopic (exact) mass is 154 g/mol. The second kappa shape index (κ2) is 3.46. The van der Waals surface area contributed by atoms with Gasteiger partial charge < -0.3 is 4.98 Å². The molecule has 0 aliphatic heterocycles. The van der Waals surface area contributed by atoms with E-state index < -0.39 is 0 Å². The lowest BCUT2D eigenvalue weighted by Crippen LogP contribution is -1.75. The summed E-state index contributed by atoms with van der Waals surface area (Å²) >= 11 is 4.04. The molecule has 0 saturated carbocycles. The topological polar surface area (TPSA) is 28.7 Å². The molecule has 0 saturated heterocycles. The van der Waals surface area contributed by atoms with Crippen LogP contribution in [-0.2, 0) is 0 Å². The number of aromatic amines is 1. The maximum absolute atomic E-state index is 4.08. The molecule has 1 N–H and O–H groups in total. The van der Waals surface area contributed by atoms with Crippen LogP contribution in [0.4, 0.5) is 0 Å². The standard InChI is InChI=1S/C7H10N2S/c1-6-7(3-2-4-10)9-5-8-6/h2-3,5,10H,4H2,1H3,(H,8,9). The highest BCUT2D eigenvalue weighted by molar-refractivity contribution is 7.80. The Morgan fingerprint density at radius 1 is 1.80 bits per heavy atom. The maximum Gasteiger partial charge on any atom is 0.0929 e. The molecule has 0 spiro atoms. The smallest absolute Gasteiger partial charge is 0.0929 e. The van der Waals surface area contributed by atoms with Crippen molar-refractivity contribution >= 4 is 18.7 Å². The first-order valence-corrected chi connectivity index (χ1v) is 3.75. The Morgan fingerprint density at radius 2 is 2.60 bits per heavy atom. The fourth-order valence-corrected chi connectivity index (χ4v) is 0.807. The molecule has 0 amide bonds. The molecule has 0 unspecified atom stereocenters. The van der Waals surface area contributed by atoms with Gasteiger partial charge in [0.1, 0.15) is 0 Å². The highest BCUT2D eigenvalue weighted by Crippen LogP contribution is 2.02. The molecule has 54 valence electrons. The van der Waals surface area contributed by atoms with Crippen LogP contribution in [0.3, 0.4) is 0 Å². The minimum atomic E-state index is 0.756. The molecular weight excluding hydrogens is 144 g/mol. The third-order valence-corrected chi connectivity index (χ3v) is 1.46. The van der Waals surface area contributed by atoms with Gasteiger partial charge in [0.15, 0.2) is 0 Å². The minimum absolute atomic E-state index is 0.756. The Balaban J connectivity index is 2.74. The average molecular weight is 154 g/mol. The van der Waals surface area contributed by atoms with Gasteiger partial charge in [-0.2, -0.15) is 12.6 Å². The number of H-pyrrole nitrogens is 1.